The monoisotopic (exact) mass is 394 g/mol. The zero-order valence-corrected chi connectivity index (χ0v) is 16.2. The van der Waals surface area contributed by atoms with Crippen molar-refractivity contribution in [3.05, 3.63) is 66.0 Å². The lowest BCUT2D eigenvalue weighted by molar-refractivity contribution is 0.411. The molecule has 7 heteroatoms. The molecule has 0 atom stereocenters. The Hall–Kier alpha value is -3.19. The lowest BCUT2D eigenvalue weighted by Gasteiger charge is -2.09. The zero-order chi connectivity index (χ0) is 19.7. The Morgan fingerprint density at radius 2 is 1.86 bits per heavy atom. The Labute approximate surface area is 166 Å². The number of methoxy groups -OCH3 is 1. The average molecular weight is 394 g/mol. The van der Waals surface area contributed by atoms with Gasteiger partial charge in [0.1, 0.15) is 11.6 Å². The molecule has 3 aromatic carbocycles. The van der Waals surface area contributed by atoms with Gasteiger partial charge in [0.05, 0.1) is 17.5 Å². The summed E-state index contributed by atoms with van der Waals surface area (Å²) in [6.07, 6.45) is 0. The molecule has 0 spiro atoms. The zero-order valence-electron chi connectivity index (χ0n) is 15.4. The van der Waals surface area contributed by atoms with Crippen LogP contribution in [0.5, 0.6) is 5.75 Å². The maximum atomic E-state index is 13.9. The number of hydrogen-bond donors (Lipinski definition) is 3. The van der Waals surface area contributed by atoms with Crippen molar-refractivity contribution in [2.45, 2.75) is 11.8 Å². The van der Waals surface area contributed by atoms with E-state index in [9.17, 15) is 4.39 Å². The van der Waals surface area contributed by atoms with Gasteiger partial charge in [0.15, 0.2) is 5.82 Å². The Kier molecular flexibility index (Phi) is 4.83. The molecule has 142 valence electrons. The van der Waals surface area contributed by atoms with Crippen LogP contribution in [0.15, 0.2) is 59.5 Å². The third-order valence-electron chi connectivity index (χ3n) is 4.52. The highest BCUT2D eigenvalue weighted by molar-refractivity contribution is 8.00. The molecule has 0 aliphatic heterocycles. The number of halogens is 1. The molecule has 1 aromatic heterocycles. The molecule has 4 rings (SSSR count). The third kappa shape index (κ3) is 3.48. The molecule has 0 saturated carbocycles. The molecule has 0 unspecified atom stereocenters. The number of nitrogens with one attached hydrogen (secondary N) is 2. The van der Waals surface area contributed by atoms with Gasteiger partial charge in [-0.2, -0.15) is 5.10 Å². The molecular formula is C21H19FN4OS. The minimum Gasteiger partial charge on any atom is -0.497 e. The van der Waals surface area contributed by atoms with E-state index in [1.54, 1.807) is 19.2 Å². The quantitative estimate of drug-likeness (QED) is 0.396. The molecule has 0 aliphatic rings. The summed E-state index contributed by atoms with van der Waals surface area (Å²) >= 11 is 1.21. The summed E-state index contributed by atoms with van der Waals surface area (Å²) in [6.45, 7) is 2.02. The molecule has 0 saturated heterocycles. The second-order valence-electron chi connectivity index (χ2n) is 6.40. The second-order valence-corrected chi connectivity index (χ2v) is 7.25. The minimum atomic E-state index is -0.294. The molecule has 28 heavy (non-hydrogen) atoms. The van der Waals surface area contributed by atoms with Crippen LogP contribution in [0.3, 0.4) is 0 Å². The number of aromatic nitrogens is 2. The van der Waals surface area contributed by atoms with Crippen LogP contribution in [0.1, 0.15) is 5.56 Å². The van der Waals surface area contributed by atoms with E-state index < -0.39 is 0 Å². The molecular weight excluding hydrogens is 375 g/mol. The van der Waals surface area contributed by atoms with E-state index in [4.69, 9.17) is 10.5 Å². The lowest BCUT2D eigenvalue weighted by Crippen LogP contribution is -1.91. The van der Waals surface area contributed by atoms with Crippen LogP contribution in [0.4, 0.5) is 15.9 Å². The third-order valence-corrected chi connectivity index (χ3v) is 5.39. The largest absolute Gasteiger partial charge is 0.497 e. The van der Waals surface area contributed by atoms with Crippen LogP contribution in [0, 0.1) is 12.7 Å². The second kappa shape index (κ2) is 7.44. The van der Waals surface area contributed by atoms with Crippen LogP contribution in [0.2, 0.25) is 0 Å². The average Bonchev–Trinajstić information content (AvgIpc) is 3.09. The SMILES string of the molecule is COc1ccc(F)c(SNc2ccc(-c3cc(C)c4c(N)n[nH]c4c3)cc2)c1. The first-order chi connectivity index (χ1) is 13.5. The summed E-state index contributed by atoms with van der Waals surface area (Å²) in [5, 5.41) is 8.00. The van der Waals surface area contributed by atoms with Gasteiger partial charge in [0.25, 0.3) is 0 Å². The fourth-order valence-corrected chi connectivity index (χ4v) is 3.80. The van der Waals surface area contributed by atoms with Crippen LogP contribution in [-0.2, 0) is 0 Å². The molecule has 1 heterocycles. The van der Waals surface area contributed by atoms with E-state index >= 15 is 0 Å². The number of aromatic amines is 1. The number of anilines is 2. The highest BCUT2D eigenvalue weighted by Crippen LogP contribution is 2.31. The number of nitrogens with zero attached hydrogens (tertiary/aromatic N) is 1. The van der Waals surface area contributed by atoms with Crippen molar-refractivity contribution in [1.29, 1.82) is 0 Å². The maximum Gasteiger partial charge on any atom is 0.153 e. The first-order valence-electron chi connectivity index (χ1n) is 8.66. The fraction of sp³-hybridized carbons (Fsp3) is 0.0952. The number of hydrogen-bond acceptors (Lipinski definition) is 5. The normalized spacial score (nSPS) is 11.0. The molecule has 0 fully saturated rings. The van der Waals surface area contributed by atoms with Gasteiger partial charge in [-0.25, -0.2) is 4.39 Å². The van der Waals surface area contributed by atoms with Gasteiger partial charge in [-0.3, -0.25) is 5.10 Å². The summed E-state index contributed by atoms with van der Waals surface area (Å²) in [6, 6.07) is 16.7. The number of benzene rings is 3. The molecule has 4 N–H and O–H groups in total. The summed E-state index contributed by atoms with van der Waals surface area (Å²) in [5.74, 6) is 0.837. The van der Waals surface area contributed by atoms with Gasteiger partial charge < -0.3 is 15.2 Å². The molecule has 0 aliphatic carbocycles. The first-order valence-corrected chi connectivity index (χ1v) is 9.48. The van der Waals surface area contributed by atoms with E-state index in [0.29, 0.717) is 16.5 Å². The molecule has 0 radical (unpaired) electrons. The van der Waals surface area contributed by atoms with Gasteiger partial charge in [-0.15, -0.1) is 0 Å². The number of fused-ring (bicyclic) bond motifs is 1. The highest BCUT2D eigenvalue weighted by Gasteiger charge is 2.09. The Morgan fingerprint density at radius 1 is 1.07 bits per heavy atom. The molecule has 5 nitrogen and oxygen atoms in total. The Morgan fingerprint density at radius 3 is 2.61 bits per heavy atom. The van der Waals surface area contributed by atoms with Gasteiger partial charge in [0, 0.05) is 11.1 Å². The van der Waals surface area contributed by atoms with E-state index in [1.807, 2.05) is 37.3 Å². The molecule has 0 amide bonds. The molecule has 0 bridgehead atoms. The van der Waals surface area contributed by atoms with Crippen molar-refractivity contribution in [2.24, 2.45) is 0 Å². The smallest absolute Gasteiger partial charge is 0.153 e. The summed E-state index contributed by atoms with van der Waals surface area (Å²) in [5.41, 5.74) is 10.9. The van der Waals surface area contributed by atoms with Crippen molar-refractivity contribution < 1.29 is 9.13 Å². The molecule has 4 aromatic rings. The predicted molar refractivity (Wildman–Crippen MR) is 113 cm³/mol. The van der Waals surface area contributed by atoms with Gasteiger partial charge in [0.2, 0.25) is 0 Å². The van der Waals surface area contributed by atoms with Gasteiger partial charge >= 0.3 is 0 Å². The van der Waals surface area contributed by atoms with Crippen molar-refractivity contribution in [3.8, 4) is 16.9 Å². The van der Waals surface area contributed by atoms with E-state index in [2.05, 4.69) is 21.0 Å². The van der Waals surface area contributed by atoms with E-state index in [0.717, 1.165) is 33.3 Å². The van der Waals surface area contributed by atoms with Gasteiger partial charge in [-0.1, -0.05) is 18.2 Å². The number of nitrogen functional groups attached to an aromatic ring is 1. The van der Waals surface area contributed by atoms with Crippen molar-refractivity contribution in [3.63, 3.8) is 0 Å². The summed E-state index contributed by atoms with van der Waals surface area (Å²) in [4.78, 5) is 0.473. The van der Waals surface area contributed by atoms with Crippen LogP contribution in [0.25, 0.3) is 22.0 Å². The Bertz CT molecular complexity index is 1140. The maximum absolute atomic E-state index is 13.9. The van der Waals surface area contributed by atoms with Crippen molar-refractivity contribution in [2.75, 3.05) is 17.6 Å². The lowest BCUT2D eigenvalue weighted by atomic mass is 10.0. The van der Waals surface area contributed by atoms with Crippen molar-refractivity contribution in [1.82, 2.24) is 10.2 Å². The van der Waals surface area contributed by atoms with Gasteiger partial charge in [-0.05, 0) is 72.0 Å². The van der Waals surface area contributed by atoms with Crippen molar-refractivity contribution >= 4 is 34.4 Å². The van der Waals surface area contributed by atoms with E-state index in [-0.39, 0.29) is 5.82 Å². The number of H-pyrrole nitrogens is 1. The van der Waals surface area contributed by atoms with Crippen LogP contribution < -0.4 is 15.2 Å². The van der Waals surface area contributed by atoms with Crippen LogP contribution in [-0.4, -0.2) is 17.3 Å². The topological polar surface area (TPSA) is 76.0 Å². The Balaban J connectivity index is 1.53. The number of rotatable bonds is 5. The minimum absolute atomic E-state index is 0.294. The highest BCUT2D eigenvalue weighted by atomic mass is 32.2. The fourth-order valence-electron chi connectivity index (χ4n) is 3.09. The summed E-state index contributed by atoms with van der Waals surface area (Å²) in [7, 11) is 1.56. The summed E-state index contributed by atoms with van der Waals surface area (Å²) < 4.78 is 22.2. The van der Waals surface area contributed by atoms with E-state index in [1.165, 1.54) is 18.0 Å². The number of aryl methyl sites for hydroxylation is 1. The standard InChI is InChI=1S/C21H19FN4OS/c1-12-9-14(10-18-20(12)21(23)25-24-18)13-3-5-15(6-4-13)26-28-19-11-16(27-2)7-8-17(19)22/h3-11,26H,1-2H3,(H3,23,24,25). The predicted octanol–water partition coefficient (Wildman–Crippen LogP) is 5.39. The van der Waals surface area contributed by atoms with Crippen LogP contribution >= 0.6 is 11.9 Å². The first kappa shape index (κ1) is 18.2. The number of ether oxygens (including phenoxy) is 1. The number of nitrogens with two attached hydrogens (primary N) is 1.